The fraction of sp³-hybridized carbons (Fsp3) is 0.381. The summed E-state index contributed by atoms with van der Waals surface area (Å²) >= 11 is 1.56. The molecule has 2 heterocycles. The smallest absolute Gasteiger partial charge is 0.268 e. The Balaban J connectivity index is 1.26. The fourth-order valence-corrected chi connectivity index (χ4v) is 4.58. The van der Waals surface area contributed by atoms with E-state index in [2.05, 4.69) is 5.32 Å². The average molecular weight is 385 g/mol. The van der Waals surface area contributed by atoms with Gasteiger partial charge in [0, 0.05) is 18.2 Å². The Labute approximate surface area is 162 Å². The monoisotopic (exact) mass is 384 g/mol. The van der Waals surface area contributed by atoms with Crippen LogP contribution in [0.25, 0.3) is 10.1 Å². The molecule has 2 aromatic carbocycles. The van der Waals surface area contributed by atoms with Gasteiger partial charge in [0.2, 0.25) is 0 Å². The van der Waals surface area contributed by atoms with Crippen LogP contribution in [0, 0.1) is 0 Å². The SMILES string of the molecule is COc1cccc2c1CC(NCCCCn1sc3ccccc3c1=O)CO2. The van der Waals surface area contributed by atoms with Gasteiger partial charge in [-0.3, -0.25) is 8.75 Å². The third kappa shape index (κ3) is 3.87. The zero-order valence-electron chi connectivity index (χ0n) is 15.4. The van der Waals surface area contributed by atoms with E-state index in [0.29, 0.717) is 12.6 Å². The zero-order chi connectivity index (χ0) is 18.6. The van der Waals surface area contributed by atoms with Crippen LogP contribution in [0.1, 0.15) is 18.4 Å². The topological polar surface area (TPSA) is 52.5 Å². The zero-order valence-corrected chi connectivity index (χ0v) is 16.3. The number of nitrogens with zero attached hydrogens (tertiary/aromatic N) is 1. The van der Waals surface area contributed by atoms with Gasteiger partial charge in [-0.15, -0.1) is 0 Å². The number of aromatic nitrogens is 1. The van der Waals surface area contributed by atoms with Crippen molar-refractivity contribution in [2.45, 2.75) is 31.8 Å². The lowest BCUT2D eigenvalue weighted by Gasteiger charge is -2.27. The Bertz CT molecular complexity index is 965. The molecule has 142 valence electrons. The number of ether oxygens (including phenoxy) is 2. The number of methoxy groups -OCH3 is 1. The van der Waals surface area contributed by atoms with E-state index < -0.39 is 0 Å². The maximum absolute atomic E-state index is 12.3. The van der Waals surface area contributed by atoms with Crippen molar-refractivity contribution in [2.24, 2.45) is 0 Å². The number of hydrogen-bond donors (Lipinski definition) is 1. The standard InChI is InChI=1S/C21H24N2O3S/c1-25-18-8-6-9-19-17(18)13-15(14-26-19)22-11-4-5-12-23-21(24)16-7-2-3-10-20(16)27-23/h2-3,6-10,15,22H,4-5,11-14H2,1H3. The summed E-state index contributed by atoms with van der Waals surface area (Å²) in [5, 5.41) is 4.40. The second-order valence-corrected chi connectivity index (χ2v) is 7.87. The summed E-state index contributed by atoms with van der Waals surface area (Å²) < 4.78 is 14.3. The molecule has 1 aromatic heterocycles. The van der Waals surface area contributed by atoms with E-state index in [1.807, 2.05) is 46.4 Å². The van der Waals surface area contributed by atoms with E-state index in [1.54, 1.807) is 18.6 Å². The molecule has 4 rings (SSSR count). The first-order valence-corrected chi connectivity index (χ1v) is 10.1. The summed E-state index contributed by atoms with van der Waals surface area (Å²) in [6.07, 6.45) is 2.91. The molecule has 0 bridgehead atoms. The molecule has 1 atom stereocenters. The van der Waals surface area contributed by atoms with Crippen molar-refractivity contribution in [3.05, 3.63) is 58.4 Å². The van der Waals surface area contributed by atoms with E-state index in [9.17, 15) is 4.79 Å². The molecule has 0 spiro atoms. The van der Waals surface area contributed by atoms with Crippen molar-refractivity contribution in [1.82, 2.24) is 9.27 Å². The second kappa shape index (κ2) is 8.15. The van der Waals surface area contributed by atoms with E-state index in [1.165, 1.54) is 0 Å². The largest absolute Gasteiger partial charge is 0.496 e. The summed E-state index contributed by atoms with van der Waals surface area (Å²) in [5.74, 6) is 1.82. The van der Waals surface area contributed by atoms with Gasteiger partial charge in [-0.2, -0.15) is 0 Å². The number of unbranched alkanes of at least 4 members (excludes halogenated alkanes) is 1. The molecule has 6 heteroatoms. The van der Waals surface area contributed by atoms with Crippen LogP contribution < -0.4 is 20.3 Å². The Morgan fingerprint density at radius 2 is 2.11 bits per heavy atom. The quantitative estimate of drug-likeness (QED) is 0.634. The number of nitrogens with one attached hydrogen (secondary N) is 1. The number of benzene rings is 2. The van der Waals surface area contributed by atoms with Gasteiger partial charge in [-0.05, 0) is 50.1 Å². The normalized spacial score (nSPS) is 16.1. The van der Waals surface area contributed by atoms with Crippen LogP contribution in [-0.2, 0) is 13.0 Å². The van der Waals surface area contributed by atoms with Gasteiger partial charge in [-0.25, -0.2) is 0 Å². The summed E-state index contributed by atoms with van der Waals surface area (Å²) in [6, 6.07) is 14.0. The predicted molar refractivity (Wildman–Crippen MR) is 109 cm³/mol. The van der Waals surface area contributed by atoms with Crippen LogP contribution in [0.2, 0.25) is 0 Å². The highest BCUT2D eigenvalue weighted by Crippen LogP contribution is 2.32. The van der Waals surface area contributed by atoms with Crippen LogP contribution in [-0.4, -0.2) is 30.3 Å². The van der Waals surface area contributed by atoms with E-state index in [4.69, 9.17) is 9.47 Å². The van der Waals surface area contributed by atoms with Crippen LogP contribution in [0.4, 0.5) is 0 Å². The lowest BCUT2D eigenvalue weighted by molar-refractivity contribution is 0.234. The Morgan fingerprint density at radius 1 is 1.22 bits per heavy atom. The first kappa shape index (κ1) is 18.1. The molecule has 0 amide bonds. The molecule has 0 saturated carbocycles. The molecule has 27 heavy (non-hydrogen) atoms. The van der Waals surface area contributed by atoms with Gasteiger partial charge in [0.1, 0.15) is 18.1 Å². The molecular formula is C21H24N2O3S. The molecule has 1 unspecified atom stereocenters. The minimum absolute atomic E-state index is 0.132. The molecule has 1 aliphatic heterocycles. The molecule has 1 N–H and O–H groups in total. The number of aryl methyl sites for hydroxylation is 1. The fourth-order valence-electron chi connectivity index (χ4n) is 3.55. The molecule has 0 saturated heterocycles. The van der Waals surface area contributed by atoms with Crippen molar-refractivity contribution in [3.8, 4) is 11.5 Å². The number of rotatable bonds is 7. The van der Waals surface area contributed by atoms with Crippen LogP contribution in [0.5, 0.6) is 11.5 Å². The Morgan fingerprint density at radius 3 is 2.96 bits per heavy atom. The highest BCUT2D eigenvalue weighted by molar-refractivity contribution is 7.13. The van der Waals surface area contributed by atoms with E-state index in [0.717, 1.165) is 59.5 Å². The molecule has 1 aliphatic rings. The van der Waals surface area contributed by atoms with Crippen LogP contribution in [0.3, 0.4) is 0 Å². The predicted octanol–water partition coefficient (Wildman–Crippen LogP) is 3.45. The summed E-state index contributed by atoms with van der Waals surface area (Å²) in [5.41, 5.74) is 1.27. The van der Waals surface area contributed by atoms with Crippen molar-refractivity contribution < 1.29 is 9.47 Å². The molecular weight excluding hydrogens is 360 g/mol. The van der Waals surface area contributed by atoms with E-state index >= 15 is 0 Å². The van der Waals surface area contributed by atoms with Crippen molar-refractivity contribution in [3.63, 3.8) is 0 Å². The molecule has 0 aliphatic carbocycles. The Hall–Kier alpha value is -2.31. The van der Waals surface area contributed by atoms with Gasteiger partial charge < -0.3 is 14.8 Å². The van der Waals surface area contributed by atoms with Gasteiger partial charge in [0.25, 0.3) is 5.56 Å². The van der Waals surface area contributed by atoms with Crippen molar-refractivity contribution in [1.29, 1.82) is 0 Å². The minimum Gasteiger partial charge on any atom is -0.496 e. The highest BCUT2D eigenvalue weighted by atomic mass is 32.1. The Kier molecular flexibility index (Phi) is 5.45. The third-order valence-electron chi connectivity index (χ3n) is 4.97. The van der Waals surface area contributed by atoms with Gasteiger partial charge in [0.05, 0.1) is 17.2 Å². The van der Waals surface area contributed by atoms with Gasteiger partial charge in [0.15, 0.2) is 0 Å². The molecule has 0 radical (unpaired) electrons. The number of hydrogen-bond acceptors (Lipinski definition) is 5. The average Bonchev–Trinajstić information content (AvgIpc) is 3.03. The molecule has 5 nitrogen and oxygen atoms in total. The molecule has 3 aromatic rings. The van der Waals surface area contributed by atoms with Crippen LogP contribution in [0.15, 0.2) is 47.3 Å². The lowest BCUT2D eigenvalue weighted by Crippen LogP contribution is -2.39. The minimum atomic E-state index is 0.132. The maximum Gasteiger partial charge on any atom is 0.268 e. The first-order chi connectivity index (χ1) is 13.3. The number of fused-ring (bicyclic) bond motifs is 2. The maximum atomic E-state index is 12.3. The first-order valence-electron chi connectivity index (χ1n) is 9.37. The van der Waals surface area contributed by atoms with Crippen molar-refractivity contribution >= 4 is 21.6 Å². The van der Waals surface area contributed by atoms with Crippen LogP contribution >= 0.6 is 11.5 Å². The van der Waals surface area contributed by atoms with Crippen molar-refractivity contribution in [2.75, 3.05) is 20.3 Å². The highest BCUT2D eigenvalue weighted by Gasteiger charge is 2.22. The summed E-state index contributed by atoms with van der Waals surface area (Å²) in [7, 11) is 1.70. The lowest BCUT2D eigenvalue weighted by atomic mass is 10.0. The van der Waals surface area contributed by atoms with E-state index in [-0.39, 0.29) is 5.56 Å². The van der Waals surface area contributed by atoms with Gasteiger partial charge >= 0.3 is 0 Å². The summed E-state index contributed by atoms with van der Waals surface area (Å²) in [4.78, 5) is 12.3. The second-order valence-electron chi connectivity index (χ2n) is 6.80. The molecule has 0 fully saturated rings. The third-order valence-corrected chi connectivity index (χ3v) is 6.10. The summed E-state index contributed by atoms with van der Waals surface area (Å²) in [6.45, 7) is 2.37. The van der Waals surface area contributed by atoms with Gasteiger partial charge in [-0.1, -0.05) is 29.7 Å².